The molecule has 0 saturated heterocycles. The highest BCUT2D eigenvalue weighted by molar-refractivity contribution is 9.10. The van der Waals surface area contributed by atoms with Gasteiger partial charge in [-0.05, 0) is 43.5 Å². The van der Waals surface area contributed by atoms with E-state index in [0.717, 1.165) is 10.0 Å². The number of carbonyl (C=O) groups is 1. The van der Waals surface area contributed by atoms with E-state index in [1.54, 1.807) is 6.08 Å². The molecular weight excluding hydrogens is 400 g/mol. The second kappa shape index (κ2) is 10.5. The fourth-order valence-electron chi connectivity index (χ4n) is 3.02. The Morgan fingerprint density at radius 1 is 1.38 bits per heavy atom. The number of halogens is 1. The molecule has 142 valence electrons. The summed E-state index contributed by atoms with van der Waals surface area (Å²) in [6, 6.07) is 7.96. The summed E-state index contributed by atoms with van der Waals surface area (Å²) in [5.41, 5.74) is 1.05. The van der Waals surface area contributed by atoms with Gasteiger partial charge >= 0.3 is 5.97 Å². The number of hydrogen-bond acceptors (Lipinski definition) is 5. The fraction of sp³-hybridized carbons (Fsp3) is 0.450. The summed E-state index contributed by atoms with van der Waals surface area (Å²) in [6.45, 7) is 6.11. The zero-order valence-corrected chi connectivity index (χ0v) is 16.5. The number of allylic oxidation sites excluding steroid dienone is 1. The van der Waals surface area contributed by atoms with Crippen molar-refractivity contribution in [2.75, 3.05) is 19.8 Å². The number of aliphatic hydroxyl groups is 1. The third kappa shape index (κ3) is 5.43. The van der Waals surface area contributed by atoms with E-state index < -0.39 is 12.3 Å². The van der Waals surface area contributed by atoms with Crippen molar-refractivity contribution in [3.63, 3.8) is 0 Å². The summed E-state index contributed by atoms with van der Waals surface area (Å²) in [4.78, 5) is 12.3. The first-order valence-corrected chi connectivity index (χ1v) is 9.54. The molecule has 1 aromatic carbocycles. The Morgan fingerprint density at radius 2 is 2.12 bits per heavy atom. The molecule has 1 aliphatic heterocycles. The van der Waals surface area contributed by atoms with E-state index >= 15 is 0 Å². The number of esters is 1. The highest BCUT2D eigenvalue weighted by atomic mass is 79.9. The van der Waals surface area contributed by atoms with Gasteiger partial charge in [0.05, 0.1) is 0 Å². The van der Waals surface area contributed by atoms with Crippen LogP contribution >= 0.6 is 15.9 Å². The van der Waals surface area contributed by atoms with Crippen molar-refractivity contribution >= 4 is 21.9 Å². The van der Waals surface area contributed by atoms with Crippen LogP contribution < -0.4 is 0 Å². The van der Waals surface area contributed by atoms with Crippen LogP contribution in [0.5, 0.6) is 0 Å². The number of carbonyl (C=O) groups excluding carboxylic acids is 1. The van der Waals surface area contributed by atoms with Crippen LogP contribution in [0, 0.1) is 5.92 Å². The molecule has 1 N–H and O–H groups in total. The number of hydrogen-bond donors (Lipinski definition) is 1. The normalized spacial score (nSPS) is 22.3. The third-order valence-electron chi connectivity index (χ3n) is 4.20. The fourth-order valence-corrected chi connectivity index (χ4v) is 3.29. The van der Waals surface area contributed by atoms with Crippen molar-refractivity contribution in [2.24, 2.45) is 5.92 Å². The molecule has 5 nitrogen and oxygen atoms in total. The highest BCUT2D eigenvalue weighted by Crippen LogP contribution is 2.39. The lowest BCUT2D eigenvalue weighted by Gasteiger charge is -2.36. The standard InChI is InChI=1S/C20H25BrO5/c1-3-12-25-19(23)18-13-17(14-7-9-15(21)10-8-14)16(6-5-11-22)20(26-18)24-4-2/h3,7-10,13,16-17,20,22H,1,4-6,11-12H2,2H3/t16-,17+,20+/m0/s1. The average Bonchev–Trinajstić information content (AvgIpc) is 2.65. The molecule has 0 unspecified atom stereocenters. The topological polar surface area (TPSA) is 65.0 Å². The van der Waals surface area contributed by atoms with Crippen molar-refractivity contribution < 1.29 is 24.1 Å². The van der Waals surface area contributed by atoms with Gasteiger partial charge in [0.25, 0.3) is 0 Å². The molecule has 0 fully saturated rings. The lowest BCUT2D eigenvalue weighted by atomic mass is 9.80. The van der Waals surface area contributed by atoms with E-state index in [0.29, 0.717) is 19.4 Å². The second-order valence-electron chi connectivity index (χ2n) is 5.97. The molecule has 0 bridgehead atoms. The molecule has 3 atom stereocenters. The Kier molecular flexibility index (Phi) is 8.35. The Morgan fingerprint density at radius 3 is 2.73 bits per heavy atom. The van der Waals surface area contributed by atoms with Gasteiger partial charge in [0, 0.05) is 29.5 Å². The minimum atomic E-state index is -0.573. The second-order valence-corrected chi connectivity index (χ2v) is 6.88. The highest BCUT2D eigenvalue weighted by Gasteiger charge is 2.38. The lowest BCUT2D eigenvalue weighted by molar-refractivity contribution is -0.175. The van der Waals surface area contributed by atoms with Crippen molar-refractivity contribution in [1.29, 1.82) is 0 Å². The van der Waals surface area contributed by atoms with Gasteiger partial charge in [-0.1, -0.05) is 40.7 Å². The van der Waals surface area contributed by atoms with E-state index in [4.69, 9.17) is 14.2 Å². The van der Waals surface area contributed by atoms with Crippen LogP contribution in [0.4, 0.5) is 0 Å². The first-order chi connectivity index (χ1) is 12.6. The van der Waals surface area contributed by atoms with Crippen molar-refractivity contribution in [3.05, 3.63) is 58.8 Å². The molecular formula is C20H25BrO5. The van der Waals surface area contributed by atoms with Gasteiger partial charge in [0.15, 0.2) is 0 Å². The zero-order chi connectivity index (χ0) is 18.9. The molecule has 1 aliphatic rings. The summed E-state index contributed by atoms with van der Waals surface area (Å²) in [5.74, 6) is -0.471. The Hall–Kier alpha value is -1.63. The molecule has 1 aromatic rings. The summed E-state index contributed by atoms with van der Waals surface area (Å²) in [7, 11) is 0. The van der Waals surface area contributed by atoms with Crippen LogP contribution in [-0.2, 0) is 19.0 Å². The summed E-state index contributed by atoms with van der Waals surface area (Å²) < 4.78 is 17.7. The predicted octanol–water partition coefficient (Wildman–Crippen LogP) is 3.93. The first-order valence-electron chi connectivity index (χ1n) is 8.75. The molecule has 2 rings (SSSR count). The van der Waals surface area contributed by atoms with Gasteiger partial charge in [-0.15, -0.1) is 0 Å². The summed E-state index contributed by atoms with van der Waals surface area (Å²) >= 11 is 3.45. The zero-order valence-electron chi connectivity index (χ0n) is 14.9. The summed E-state index contributed by atoms with van der Waals surface area (Å²) in [6.07, 6.45) is 4.09. The van der Waals surface area contributed by atoms with E-state index in [9.17, 15) is 9.90 Å². The van der Waals surface area contributed by atoms with Crippen LogP contribution in [0.1, 0.15) is 31.2 Å². The molecule has 26 heavy (non-hydrogen) atoms. The van der Waals surface area contributed by atoms with Crippen molar-refractivity contribution in [2.45, 2.75) is 32.0 Å². The number of ether oxygens (including phenoxy) is 3. The van der Waals surface area contributed by atoms with Crippen LogP contribution in [0.3, 0.4) is 0 Å². The van der Waals surface area contributed by atoms with Crippen molar-refractivity contribution in [1.82, 2.24) is 0 Å². The molecule has 0 spiro atoms. The molecule has 6 heteroatoms. The summed E-state index contributed by atoms with van der Waals surface area (Å²) in [5, 5.41) is 9.26. The molecule has 0 saturated carbocycles. The Labute approximate surface area is 162 Å². The van der Waals surface area contributed by atoms with E-state index in [1.165, 1.54) is 6.08 Å². The van der Waals surface area contributed by atoms with Crippen LogP contribution in [-0.4, -0.2) is 37.2 Å². The van der Waals surface area contributed by atoms with Gasteiger partial charge in [-0.2, -0.15) is 0 Å². The van der Waals surface area contributed by atoms with E-state index in [1.807, 2.05) is 31.2 Å². The van der Waals surface area contributed by atoms with E-state index in [2.05, 4.69) is 22.5 Å². The molecule has 0 aliphatic carbocycles. The smallest absolute Gasteiger partial charge is 0.373 e. The minimum absolute atomic E-state index is 0.0146. The first kappa shape index (κ1) is 20.7. The molecule has 0 amide bonds. The molecule has 0 aromatic heterocycles. The van der Waals surface area contributed by atoms with Gasteiger partial charge in [0.2, 0.25) is 12.0 Å². The average molecular weight is 425 g/mol. The van der Waals surface area contributed by atoms with Gasteiger partial charge in [-0.25, -0.2) is 4.79 Å². The SMILES string of the molecule is C=CCOC(=O)C1=C[C@H](c2ccc(Br)cc2)[C@H](CCCO)[C@H](OCC)O1. The largest absolute Gasteiger partial charge is 0.457 e. The minimum Gasteiger partial charge on any atom is -0.457 e. The van der Waals surface area contributed by atoms with Gasteiger partial charge in [-0.3, -0.25) is 0 Å². The quantitative estimate of drug-likeness (QED) is 0.480. The maximum Gasteiger partial charge on any atom is 0.373 e. The predicted molar refractivity (Wildman–Crippen MR) is 102 cm³/mol. The Bertz CT molecular complexity index is 626. The van der Waals surface area contributed by atoms with Crippen LogP contribution in [0.25, 0.3) is 0 Å². The number of aliphatic hydroxyl groups excluding tert-OH is 1. The third-order valence-corrected chi connectivity index (χ3v) is 4.73. The van der Waals surface area contributed by atoms with Crippen LogP contribution in [0.15, 0.2) is 53.2 Å². The van der Waals surface area contributed by atoms with E-state index in [-0.39, 0.29) is 30.8 Å². The number of benzene rings is 1. The Balaban J connectivity index is 2.36. The monoisotopic (exact) mass is 424 g/mol. The van der Waals surface area contributed by atoms with Gasteiger partial charge in [0.1, 0.15) is 6.61 Å². The molecule has 1 heterocycles. The number of rotatable bonds is 9. The van der Waals surface area contributed by atoms with Crippen molar-refractivity contribution in [3.8, 4) is 0 Å². The lowest BCUT2D eigenvalue weighted by Crippen LogP contribution is -2.36. The van der Waals surface area contributed by atoms with Gasteiger partial charge < -0.3 is 19.3 Å². The molecule has 0 radical (unpaired) electrons. The maximum absolute atomic E-state index is 12.3. The maximum atomic E-state index is 12.3. The van der Waals surface area contributed by atoms with Crippen LogP contribution in [0.2, 0.25) is 0 Å².